The molecule has 0 atom stereocenters. The smallest absolute Gasteiger partial charge is 0.137 e. The highest BCUT2D eigenvalue weighted by Crippen LogP contribution is 2.45. The Labute approximate surface area is 308 Å². The van der Waals surface area contributed by atoms with E-state index in [1.54, 1.807) is 0 Å². The number of anilines is 6. The summed E-state index contributed by atoms with van der Waals surface area (Å²) in [5.74, 6) is 0. The Hall–Kier alpha value is -7.10. The number of fused-ring (bicyclic) bond motifs is 5. The molecular weight excluding hydrogens is 645 g/mol. The van der Waals surface area contributed by atoms with Crippen LogP contribution >= 0.6 is 0 Å². The predicted octanol–water partition coefficient (Wildman–Crippen LogP) is 14.5. The Balaban J connectivity index is 1.13. The van der Waals surface area contributed by atoms with Gasteiger partial charge < -0.3 is 14.2 Å². The van der Waals surface area contributed by atoms with E-state index in [0.29, 0.717) is 0 Å². The van der Waals surface area contributed by atoms with Gasteiger partial charge in [0.25, 0.3) is 0 Å². The van der Waals surface area contributed by atoms with Gasteiger partial charge in [0.2, 0.25) is 0 Å². The molecule has 0 bridgehead atoms. The number of hydrogen-bond acceptors (Lipinski definition) is 3. The van der Waals surface area contributed by atoms with Crippen LogP contribution in [0, 0.1) is 0 Å². The molecule has 9 aromatic carbocycles. The molecular formula is C50H34N2O. The van der Waals surface area contributed by atoms with E-state index in [2.05, 4.69) is 216 Å². The maximum Gasteiger partial charge on any atom is 0.137 e. The first-order chi connectivity index (χ1) is 26.3. The second kappa shape index (κ2) is 12.9. The Morgan fingerprint density at radius 3 is 1.51 bits per heavy atom. The summed E-state index contributed by atoms with van der Waals surface area (Å²) in [5.41, 5.74) is 10.7. The van der Waals surface area contributed by atoms with Gasteiger partial charge >= 0.3 is 0 Å². The Morgan fingerprint density at radius 1 is 0.302 bits per heavy atom. The van der Waals surface area contributed by atoms with Gasteiger partial charge in [-0.1, -0.05) is 121 Å². The van der Waals surface area contributed by atoms with Crippen LogP contribution in [0.3, 0.4) is 0 Å². The minimum absolute atomic E-state index is 0.869. The molecule has 1 aromatic heterocycles. The van der Waals surface area contributed by atoms with Crippen LogP contribution in [0.1, 0.15) is 0 Å². The summed E-state index contributed by atoms with van der Waals surface area (Å²) in [7, 11) is 0. The van der Waals surface area contributed by atoms with Crippen LogP contribution in [0.5, 0.6) is 0 Å². The fraction of sp³-hybridized carbons (Fsp3) is 0. The maximum atomic E-state index is 6.52. The van der Waals surface area contributed by atoms with E-state index in [9.17, 15) is 0 Å². The van der Waals surface area contributed by atoms with Gasteiger partial charge in [-0.25, -0.2) is 0 Å². The molecule has 0 spiro atoms. The molecule has 1 heterocycles. The average molecular weight is 679 g/mol. The Kier molecular flexibility index (Phi) is 7.47. The van der Waals surface area contributed by atoms with Crippen LogP contribution in [-0.2, 0) is 0 Å². The number of benzene rings is 9. The zero-order valence-corrected chi connectivity index (χ0v) is 28.9. The molecule has 0 amide bonds. The highest BCUT2D eigenvalue weighted by atomic mass is 16.3. The predicted molar refractivity (Wildman–Crippen MR) is 224 cm³/mol. The van der Waals surface area contributed by atoms with E-state index in [1.165, 1.54) is 27.3 Å². The minimum atomic E-state index is 0.869. The number of furan rings is 1. The van der Waals surface area contributed by atoms with E-state index < -0.39 is 0 Å². The lowest BCUT2D eigenvalue weighted by Gasteiger charge is -2.27. The first-order valence-corrected chi connectivity index (χ1v) is 18.0. The lowest BCUT2D eigenvalue weighted by atomic mass is 10.0. The summed E-state index contributed by atoms with van der Waals surface area (Å²) >= 11 is 0. The van der Waals surface area contributed by atoms with Crippen LogP contribution in [0.2, 0.25) is 0 Å². The third-order valence-corrected chi connectivity index (χ3v) is 10.2. The van der Waals surface area contributed by atoms with Gasteiger partial charge in [-0.15, -0.1) is 0 Å². The molecule has 0 unspecified atom stereocenters. The largest absolute Gasteiger partial charge is 0.456 e. The molecule has 53 heavy (non-hydrogen) atoms. The lowest BCUT2D eigenvalue weighted by Crippen LogP contribution is -2.11. The van der Waals surface area contributed by atoms with Crippen molar-refractivity contribution in [1.82, 2.24) is 0 Å². The van der Waals surface area contributed by atoms with Crippen molar-refractivity contribution in [1.29, 1.82) is 0 Å². The molecule has 0 N–H and O–H groups in total. The number of nitrogens with zero attached hydrogens (tertiary/aromatic N) is 2. The van der Waals surface area contributed by atoms with Gasteiger partial charge in [0.05, 0.1) is 11.1 Å². The van der Waals surface area contributed by atoms with Gasteiger partial charge in [0.1, 0.15) is 11.2 Å². The van der Waals surface area contributed by atoms with E-state index in [1.807, 2.05) is 0 Å². The van der Waals surface area contributed by atoms with Crippen molar-refractivity contribution in [2.45, 2.75) is 0 Å². The van der Waals surface area contributed by atoms with Gasteiger partial charge in [0.15, 0.2) is 0 Å². The standard InChI is InChI=1S/C50H34N2O/c1-4-13-35(14-5-1)36-23-27-43(28-24-36)51(41-17-6-2-7-18-41)44-29-25-37-26-30-45(32-40(37)31-44)52(42-19-8-3-9-20-42)47-21-12-22-48-50(47)46-33-38-15-10-11-16-39(38)34-49(46)53-48/h1-34H. The quantitative estimate of drug-likeness (QED) is 0.167. The SMILES string of the molecule is c1ccc(-c2ccc(N(c3ccccc3)c3ccc4ccc(N(c5ccccc5)c5cccc6oc7cc8ccccc8cc7c56)cc4c3)cc2)cc1. The molecule has 0 fully saturated rings. The second-order valence-electron chi connectivity index (χ2n) is 13.4. The summed E-state index contributed by atoms with van der Waals surface area (Å²) in [4.78, 5) is 4.69. The number of rotatable bonds is 7. The lowest BCUT2D eigenvalue weighted by molar-refractivity contribution is 0.669. The van der Waals surface area contributed by atoms with E-state index in [-0.39, 0.29) is 0 Å². The average Bonchev–Trinajstić information content (AvgIpc) is 3.59. The first-order valence-electron chi connectivity index (χ1n) is 18.0. The summed E-state index contributed by atoms with van der Waals surface area (Å²) in [6, 6.07) is 73.4. The van der Waals surface area contributed by atoms with Gasteiger partial charge in [0, 0.05) is 33.8 Å². The summed E-state index contributed by atoms with van der Waals surface area (Å²) in [6.45, 7) is 0. The van der Waals surface area contributed by atoms with Crippen molar-refractivity contribution in [3.63, 3.8) is 0 Å². The molecule has 0 aliphatic carbocycles. The van der Waals surface area contributed by atoms with Crippen LogP contribution in [-0.4, -0.2) is 0 Å². The summed E-state index contributed by atoms with van der Waals surface area (Å²) in [5, 5.41) is 6.90. The summed E-state index contributed by atoms with van der Waals surface area (Å²) < 4.78 is 6.52. The second-order valence-corrected chi connectivity index (χ2v) is 13.4. The van der Waals surface area contributed by atoms with Gasteiger partial charge in [-0.2, -0.15) is 0 Å². The zero-order chi connectivity index (χ0) is 35.1. The monoisotopic (exact) mass is 678 g/mol. The fourth-order valence-corrected chi connectivity index (χ4v) is 7.64. The minimum Gasteiger partial charge on any atom is -0.456 e. The molecule has 10 rings (SSSR count). The third-order valence-electron chi connectivity index (χ3n) is 10.2. The van der Waals surface area contributed by atoms with Crippen LogP contribution in [0.4, 0.5) is 34.1 Å². The van der Waals surface area contributed by atoms with Crippen LogP contribution < -0.4 is 9.80 Å². The fourth-order valence-electron chi connectivity index (χ4n) is 7.64. The molecule has 0 saturated carbocycles. The van der Waals surface area contributed by atoms with Crippen molar-refractivity contribution >= 4 is 77.6 Å². The van der Waals surface area contributed by atoms with Crippen molar-refractivity contribution in [2.24, 2.45) is 0 Å². The van der Waals surface area contributed by atoms with E-state index in [4.69, 9.17) is 4.42 Å². The Morgan fingerprint density at radius 2 is 0.830 bits per heavy atom. The molecule has 0 aliphatic rings. The third kappa shape index (κ3) is 5.56. The van der Waals surface area contributed by atoms with Crippen molar-refractivity contribution in [2.75, 3.05) is 9.80 Å². The number of hydrogen-bond donors (Lipinski definition) is 0. The van der Waals surface area contributed by atoms with Gasteiger partial charge in [-0.3, -0.25) is 0 Å². The van der Waals surface area contributed by atoms with Crippen molar-refractivity contribution < 1.29 is 4.42 Å². The molecule has 3 nitrogen and oxygen atoms in total. The highest BCUT2D eigenvalue weighted by molar-refractivity contribution is 6.16. The molecule has 0 aliphatic heterocycles. The molecule has 3 heteroatoms. The maximum absolute atomic E-state index is 6.52. The number of para-hydroxylation sites is 2. The van der Waals surface area contributed by atoms with E-state index >= 15 is 0 Å². The first kappa shape index (κ1) is 30.7. The zero-order valence-electron chi connectivity index (χ0n) is 28.9. The highest BCUT2D eigenvalue weighted by Gasteiger charge is 2.20. The normalized spacial score (nSPS) is 11.4. The van der Waals surface area contributed by atoms with E-state index in [0.717, 1.165) is 61.4 Å². The summed E-state index contributed by atoms with van der Waals surface area (Å²) in [6.07, 6.45) is 0. The molecule has 0 radical (unpaired) electrons. The van der Waals surface area contributed by atoms with Crippen LogP contribution in [0.25, 0.3) is 54.6 Å². The Bertz CT molecular complexity index is 2880. The van der Waals surface area contributed by atoms with Gasteiger partial charge in [-0.05, 0) is 118 Å². The topological polar surface area (TPSA) is 19.6 Å². The van der Waals surface area contributed by atoms with Crippen molar-refractivity contribution in [3.05, 3.63) is 206 Å². The molecule has 10 aromatic rings. The van der Waals surface area contributed by atoms with Crippen LogP contribution in [0.15, 0.2) is 211 Å². The molecule has 250 valence electrons. The van der Waals surface area contributed by atoms with Crippen molar-refractivity contribution in [3.8, 4) is 11.1 Å². The molecule has 0 saturated heterocycles.